The molecule has 1 aliphatic rings. The molecule has 0 spiro atoms. The Morgan fingerprint density at radius 2 is 1.85 bits per heavy atom. The Labute approximate surface area is 153 Å². The van der Waals surface area contributed by atoms with Gasteiger partial charge in [-0.25, -0.2) is 13.1 Å². The van der Waals surface area contributed by atoms with Crippen LogP contribution < -0.4 is 9.46 Å². The number of methoxy groups -OCH3 is 1. The second-order valence-corrected chi connectivity index (χ2v) is 7.79. The molecule has 0 bridgehead atoms. The van der Waals surface area contributed by atoms with E-state index >= 15 is 0 Å². The van der Waals surface area contributed by atoms with E-state index in [4.69, 9.17) is 4.74 Å². The number of pyridine rings is 1. The lowest BCUT2D eigenvalue weighted by molar-refractivity contribution is 0.0705. The van der Waals surface area contributed by atoms with Crippen molar-refractivity contribution >= 4 is 15.9 Å². The maximum absolute atomic E-state index is 12.5. The van der Waals surface area contributed by atoms with Gasteiger partial charge in [0.15, 0.2) is 0 Å². The topological polar surface area (TPSA) is 88.6 Å². The standard InChI is InChI=1S/C18H21N3O4S/c1-25-15-5-7-16(8-6-15)26(23,24)20-14-9-12-21(13-10-14)18(22)17-4-2-3-11-19-17/h2-8,11,14,20H,9-10,12-13H2,1H3. The number of likely N-dealkylation sites (tertiary alicyclic amines) is 1. The number of amides is 1. The molecular formula is C18H21N3O4S. The van der Waals surface area contributed by atoms with Crippen LogP contribution in [-0.2, 0) is 10.0 Å². The number of rotatable bonds is 5. The smallest absolute Gasteiger partial charge is 0.272 e. The number of nitrogens with zero attached hydrogens (tertiary/aromatic N) is 2. The van der Waals surface area contributed by atoms with Gasteiger partial charge in [-0.15, -0.1) is 0 Å². The molecule has 1 N–H and O–H groups in total. The first-order valence-electron chi connectivity index (χ1n) is 8.36. The van der Waals surface area contributed by atoms with Gasteiger partial charge < -0.3 is 9.64 Å². The van der Waals surface area contributed by atoms with E-state index in [-0.39, 0.29) is 16.8 Å². The third-order valence-corrected chi connectivity index (χ3v) is 5.89. The highest BCUT2D eigenvalue weighted by Gasteiger charge is 2.27. The van der Waals surface area contributed by atoms with Crippen molar-refractivity contribution in [2.24, 2.45) is 0 Å². The SMILES string of the molecule is COc1ccc(S(=O)(=O)NC2CCN(C(=O)c3ccccn3)CC2)cc1. The number of hydrogen-bond acceptors (Lipinski definition) is 5. The highest BCUT2D eigenvalue weighted by molar-refractivity contribution is 7.89. The molecule has 1 aliphatic heterocycles. The maximum Gasteiger partial charge on any atom is 0.272 e. The molecule has 1 saturated heterocycles. The van der Waals surface area contributed by atoms with Crippen molar-refractivity contribution in [3.63, 3.8) is 0 Å². The number of aromatic nitrogens is 1. The fraction of sp³-hybridized carbons (Fsp3) is 0.333. The van der Waals surface area contributed by atoms with Crippen LogP contribution in [0.3, 0.4) is 0 Å². The van der Waals surface area contributed by atoms with Crippen LogP contribution in [0.4, 0.5) is 0 Å². The summed E-state index contributed by atoms with van der Waals surface area (Å²) in [6, 6.07) is 11.3. The molecule has 138 valence electrons. The Morgan fingerprint density at radius 1 is 1.15 bits per heavy atom. The molecule has 0 unspecified atom stereocenters. The van der Waals surface area contributed by atoms with Gasteiger partial charge in [-0.3, -0.25) is 9.78 Å². The first-order chi connectivity index (χ1) is 12.5. The molecule has 0 radical (unpaired) electrons. The van der Waals surface area contributed by atoms with E-state index in [9.17, 15) is 13.2 Å². The van der Waals surface area contributed by atoms with Crippen LogP contribution in [-0.4, -0.2) is 50.5 Å². The second-order valence-electron chi connectivity index (χ2n) is 6.08. The van der Waals surface area contributed by atoms with Crippen molar-refractivity contribution in [2.45, 2.75) is 23.8 Å². The number of nitrogens with one attached hydrogen (secondary N) is 1. The molecule has 26 heavy (non-hydrogen) atoms. The predicted octanol–water partition coefficient (Wildman–Crippen LogP) is 1.67. The fourth-order valence-corrected chi connectivity index (χ4v) is 4.20. The van der Waals surface area contributed by atoms with Crippen LogP contribution in [0.2, 0.25) is 0 Å². The van der Waals surface area contributed by atoms with Crippen molar-refractivity contribution in [3.8, 4) is 5.75 Å². The quantitative estimate of drug-likeness (QED) is 0.859. The lowest BCUT2D eigenvalue weighted by Crippen LogP contribution is -2.46. The summed E-state index contributed by atoms with van der Waals surface area (Å²) in [6.07, 6.45) is 2.71. The third-order valence-electron chi connectivity index (χ3n) is 4.36. The molecule has 2 aromatic rings. The molecule has 3 rings (SSSR count). The Kier molecular flexibility index (Phi) is 5.53. The molecular weight excluding hydrogens is 354 g/mol. The minimum Gasteiger partial charge on any atom is -0.497 e. The first kappa shape index (κ1) is 18.3. The lowest BCUT2D eigenvalue weighted by Gasteiger charge is -2.32. The van der Waals surface area contributed by atoms with Gasteiger partial charge in [0.2, 0.25) is 10.0 Å². The summed E-state index contributed by atoms with van der Waals surface area (Å²) in [7, 11) is -2.07. The average Bonchev–Trinajstić information content (AvgIpc) is 2.68. The van der Waals surface area contributed by atoms with Gasteiger partial charge in [0, 0.05) is 25.3 Å². The molecule has 1 aromatic heterocycles. The van der Waals surface area contributed by atoms with E-state index in [0.29, 0.717) is 37.4 Å². The molecule has 0 aliphatic carbocycles. The highest BCUT2D eigenvalue weighted by atomic mass is 32.2. The number of ether oxygens (including phenoxy) is 1. The van der Waals surface area contributed by atoms with Gasteiger partial charge in [-0.2, -0.15) is 0 Å². The Morgan fingerprint density at radius 3 is 2.42 bits per heavy atom. The highest BCUT2D eigenvalue weighted by Crippen LogP contribution is 2.18. The molecule has 2 heterocycles. The zero-order valence-corrected chi connectivity index (χ0v) is 15.3. The largest absolute Gasteiger partial charge is 0.497 e. The zero-order valence-electron chi connectivity index (χ0n) is 14.5. The van der Waals surface area contributed by atoms with Gasteiger partial charge in [0.1, 0.15) is 11.4 Å². The normalized spacial score (nSPS) is 15.7. The van der Waals surface area contributed by atoms with E-state index in [2.05, 4.69) is 9.71 Å². The van der Waals surface area contributed by atoms with Crippen LogP contribution in [0.15, 0.2) is 53.6 Å². The second kappa shape index (κ2) is 7.84. The van der Waals surface area contributed by atoms with Crippen LogP contribution >= 0.6 is 0 Å². The minimum absolute atomic E-state index is 0.123. The van der Waals surface area contributed by atoms with Crippen LogP contribution in [0.25, 0.3) is 0 Å². The Hall–Kier alpha value is -2.45. The van der Waals surface area contributed by atoms with Gasteiger partial charge >= 0.3 is 0 Å². The Bertz CT molecular complexity index is 846. The van der Waals surface area contributed by atoms with Gasteiger partial charge in [0.25, 0.3) is 5.91 Å². The van der Waals surface area contributed by atoms with Gasteiger partial charge in [-0.1, -0.05) is 6.07 Å². The predicted molar refractivity (Wildman–Crippen MR) is 96.5 cm³/mol. The number of piperidine rings is 1. The maximum atomic E-state index is 12.5. The molecule has 7 nitrogen and oxygen atoms in total. The number of carbonyl (C=O) groups excluding carboxylic acids is 1. The van der Waals surface area contributed by atoms with E-state index < -0.39 is 10.0 Å². The summed E-state index contributed by atoms with van der Waals surface area (Å²) in [5, 5.41) is 0. The van der Waals surface area contributed by atoms with Crippen molar-refractivity contribution in [1.29, 1.82) is 0 Å². The van der Waals surface area contributed by atoms with Crippen molar-refractivity contribution in [3.05, 3.63) is 54.4 Å². The zero-order chi connectivity index (χ0) is 18.6. The average molecular weight is 375 g/mol. The molecule has 0 saturated carbocycles. The molecule has 0 atom stereocenters. The molecule has 1 fully saturated rings. The minimum atomic E-state index is -3.60. The van der Waals surface area contributed by atoms with Crippen molar-refractivity contribution < 1.29 is 17.9 Å². The number of hydrogen-bond donors (Lipinski definition) is 1. The van der Waals surface area contributed by atoms with Gasteiger partial charge in [0.05, 0.1) is 12.0 Å². The fourth-order valence-electron chi connectivity index (χ4n) is 2.89. The Balaban J connectivity index is 1.58. The summed E-state index contributed by atoms with van der Waals surface area (Å²) < 4.78 is 32.8. The van der Waals surface area contributed by atoms with Gasteiger partial charge in [-0.05, 0) is 49.2 Å². The molecule has 8 heteroatoms. The summed E-state index contributed by atoms with van der Waals surface area (Å²) >= 11 is 0. The van der Waals surface area contributed by atoms with E-state index in [0.717, 1.165) is 0 Å². The summed E-state index contributed by atoms with van der Waals surface area (Å²) in [6.45, 7) is 0.983. The summed E-state index contributed by atoms with van der Waals surface area (Å²) in [5.41, 5.74) is 0.407. The van der Waals surface area contributed by atoms with E-state index in [1.54, 1.807) is 41.4 Å². The van der Waals surface area contributed by atoms with Crippen LogP contribution in [0, 0.1) is 0 Å². The van der Waals surface area contributed by atoms with Crippen molar-refractivity contribution in [2.75, 3.05) is 20.2 Å². The number of sulfonamides is 1. The lowest BCUT2D eigenvalue weighted by atomic mass is 10.1. The monoisotopic (exact) mass is 375 g/mol. The van der Waals surface area contributed by atoms with Crippen molar-refractivity contribution in [1.82, 2.24) is 14.6 Å². The third kappa shape index (κ3) is 4.20. The number of benzene rings is 1. The van der Waals surface area contributed by atoms with E-state index in [1.807, 2.05) is 0 Å². The molecule has 1 aromatic carbocycles. The van der Waals surface area contributed by atoms with E-state index in [1.165, 1.54) is 19.2 Å². The summed E-state index contributed by atoms with van der Waals surface area (Å²) in [4.78, 5) is 18.4. The first-order valence-corrected chi connectivity index (χ1v) is 9.84. The van der Waals surface area contributed by atoms with Crippen LogP contribution in [0.5, 0.6) is 5.75 Å². The van der Waals surface area contributed by atoms with Crippen LogP contribution in [0.1, 0.15) is 23.3 Å². The molecule has 1 amide bonds. The number of carbonyl (C=O) groups is 1. The summed E-state index contributed by atoms with van der Waals surface area (Å²) in [5.74, 6) is 0.479.